The number of carbonyl (C=O) groups excluding carboxylic acids is 2. The molecule has 2 fully saturated rings. The second-order valence-corrected chi connectivity index (χ2v) is 8.73. The number of piperidine rings is 1. The Kier molecular flexibility index (Phi) is 8.89. The summed E-state index contributed by atoms with van der Waals surface area (Å²) in [6, 6.07) is -0.420. The third-order valence-electron chi connectivity index (χ3n) is 6.03. The van der Waals surface area contributed by atoms with E-state index in [1.807, 2.05) is 13.8 Å². The number of nitrogens with one attached hydrogen (secondary N) is 2. The molecule has 2 rings (SSSR count). The topological polar surface area (TPSA) is 61.4 Å². The lowest BCUT2D eigenvalue weighted by Crippen LogP contribution is -2.51. The van der Waals surface area contributed by atoms with Crippen LogP contribution in [-0.4, -0.2) is 48.9 Å². The number of nitrogens with zero attached hydrogens (tertiary/aromatic N) is 1. The number of carbonyl (C=O) groups is 2. The van der Waals surface area contributed by atoms with Gasteiger partial charge in [0.2, 0.25) is 11.8 Å². The number of amides is 2. The molecule has 2 N–H and O–H groups in total. The van der Waals surface area contributed by atoms with Gasteiger partial charge in [0.05, 0.1) is 0 Å². The second kappa shape index (κ2) is 10.9. The molecule has 150 valence electrons. The van der Waals surface area contributed by atoms with E-state index < -0.39 is 6.04 Å². The Morgan fingerprint density at radius 3 is 2.31 bits per heavy atom. The molecular formula is C21H39N3O2. The Labute approximate surface area is 159 Å². The quantitative estimate of drug-likeness (QED) is 0.650. The number of hydrogen-bond acceptors (Lipinski definition) is 3. The van der Waals surface area contributed by atoms with E-state index in [1.165, 1.54) is 32.4 Å². The predicted octanol–water partition coefficient (Wildman–Crippen LogP) is 2.95. The molecule has 2 amide bonds. The van der Waals surface area contributed by atoms with Crippen molar-refractivity contribution in [1.82, 2.24) is 15.5 Å². The molecule has 1 unspecified atom stereocenters. The molecule has 0 aromatic heterocycles. The van der Waals surface area contributed by atoms with Crippen molar-refractivity contribution >= 4 is 11.8 Å². The average molecular weight is 366 g/mol. The molecule has 26 heavy (non-hydrogen) atoms. The molecule has 1 atom stereocenters. The molecule has 0 aromatic carbocycles. The normalized spacial score (nSPS) is 25.7. The van der Waals surface area contributed by atoms with Gasteiger partial charge in [-0.2, -0.15) is 0 Å². The second-order valence-electron chi connectivity index (χ2n) is 8.73. The first-order valence-electron chi connectivity index (χ1n) is 10.8. The maximum Gasteiger partial charge on any atom is 0.242 e. The van der Waals surface area contributed by atoms with Crippen molar-refractivity contribution in [2.24, 2.45) is 17.8 Å². The molecule has 2 aliphatic rings. The highest BCUT2D eigenvalue weighted by atomic mass is 16.2. The summed E-state index contributed by atoms with van der Waals surface area (Å²) in [4.78, 5) is 27.6. The summed E-state index contributed by atoms with van der Waals surface area (Å²) in [5.41, 5.74) is 0. The molecular weight excluding hydrogens is 326 g/mol. The van der Waals surface area contributed by atoms with Gasteiger partial charge >= 0.3 is 0 Å². The summed E-state index contributed by atoms with van der Waals surface area (Å²) >= 11 is 0. The molecule has 1 aliphatic heterocycles. The molecule has 1 heterocycles. The molecule has 1 saturated carbocycles. The monoisotopic (exact) mass is 365 g/mol. The van der Waals surface area contributed by atoms with Crippen molar-refractivity contribution in [2.75, 3.05) is 26.2 Å². The van der Waals surface area contributed by atoms with Crippen LogP contribution in [0.5, 0.6) is 0 Å². The third kappa shape index (κ3) is 6.90. The SMILES string of the molecule is CC1CCC(C(=O)NC(C(=O)NCCCN2CCCCC2)C(C)C)CC1. The van der Waals surface area contributed by atoms with E-state index in [4.69, 9.17) is 0 Å². The molecule has 0 aromatic rings. The predicted molar refractivity (Wildman–Crippen MR) is 106 cm³/mol. The number of likely N-dealkylation sites (tertiary alicyclic amines) is 1. The minimum atomic E-state index is -0.420. The molecule has 1 aliphatic carbocycles. The zero-order valence-electron chi connectivity index (χ0n) is 17.1. The lowest BCUT2D eigenvalue weighted by atomic mass is 9.82. The Balaban J connectivity index is 1.71. The van der Waals surface area contributed by atoms with Crippen LogP contribution in [0, 0.1) is 17.8 Å². The van der Waals surface area contributed by atoms with Gasteiger partial charge in [0.1, 0.15) is 6.04 Å². The fourth-order valence-electron chi connectivity index (χ4n) is 4.14. The zero-order valence-corrected chi connectivity index (χ0v) is 17.1. The van der Waals surface area contributed by atoms with E-state index in [9.17, 15) is 9.59 Å². The van der Waals surface area contributed by atoms with Gasteiger partial charge in [0.25, 0.3) is 0 Å². The first-order valence-corrected chi connectivity index (χ1v) is 10.8. The average Bonchev–Trinajstić information content (AvgIpc) is 2.64. The maximum atomic E-state index is 12.6. The highest BCUT2D eigenvalue weighted by Gasteiger charge is 2.29. The molecule has 0 spiro atoms. The van der Waals surface area contributed by atoms with Gasteiger partial charge in [0.15, 0.2) is 0 Å². The first kappa shape index (κ1) is 21.2. The van der Waals surface area contributed by atoms with Gasteiger partial charge in [0, 0.05) is 12.5 Å². The molecule has 0 radical (unpaired) electrons. The minimum Gasteiger partial charge on any atom is -0.354 e. The van der Waals surface area contributed by atoms with Crippen LogP contribution in [0.4, 0.5) is 0 Å². The van der Waals surface area contributed by atoms with Crippen molar-refractivity contribution in [2.45, 2.75) is 78.2 Å². The van der Waals surface area contributed by atoms with Crippen molar-refractivity contribution in [3.8, 4) is 0 Å². The summed E-state index contributed by atoms with van der Waals surface area (Å²) in [5, 5.41) is 6.07. The van der Waals surface area contributed by atoms with Gasteiger partial charge in [-0.3, -0.25) is 9.59 Å². The summed E-state index contributed by atoms with van der Waals surface area (Å²) in [6.45, 7) is 10.4. The fourth-order valence-corrected chi connectivity index (χ4v) is 4.14. The van der Waals surface area contributed by atoms with Gasteiger partial charge < -0.3 is 15.5 Å². The Morgan fingerprint density at radius 1 is 1.04 bits per heavy atom. The standard InChI is InChI=1S/C21H39N3O2/c1-16(2)19(23-20(25)18-10-8-17(3)9-11-18)21(26)22-12-7-15-24-13-5-4-6-14-24/h16-19H,4-15H2,1-3H3,(H,22,26)(H,23,25). The summed E-state index contributed by atoms with van der Waals surface area (Å²) < 4.78 is 0. The van der Waals surface area contributed by atoms with Crippen LogP contribution in [0.1, 0.15) is 72.1 Å². The van der Waals surface area contributed by atoms with Crippen LogP contribution < -0.4 is 10.6 Å². The smallest absolute Gasteiger partial charge is 0.242 e. The van der Waals surface area contributed by atoms with E-state index in [1.54, 1.807) is 0 Å². The largest absolute Gasteiger partial charge is 0.354 e. The summed E-state index contributed by atoms with van der Waals surface area (Å²) in [5.74, 6) is 0.946. The van der Waals surface area contributed by atoms with E-state index in [0.29, 0.717) is 6.54 Å². The lowest BCUT2D eigenvalue weighted by molar-refractivity contribution is -0.132. The fraction of sp³-hybridized carbons (Fsp3) is 0.905. The van der Waals surface area contributed by atoms with Crippen molar-refractivity contribution in [3.05, 3.63) is 0 Å². The van der Waals surface area contributed by atoms with Crippen LogP contribution in [0.3, 0.4) is 0 Å². The molecule has 5 heteroatoms. The van der Waals surface area contributed by atoms with Gasteiger partial charge in [-0.1, -0.05) is 27.2 Å². The molecule has 1 saturated heterocycles. The Morgan fingerprint density at radius 2 is 1.69 bits per heavy atom. The third-order valence-corrected chi connectivity index (χ3v) is 6.03. The van der Waals surface area contributed by atoms with Gasteiger partial charge in [-0.05, 0) is 76.4 Å². The zero-order chi connectivity index (χ0) is 18.9. The van der Waals surface area contributed by atoms with E-state index in [-0.39, 0.29) is 23.7 Å². The number of rotatable bonds is 8. The van der Waals surface area contributed by atoms with E-state index in [0.717, 1.165) is 44.6 Å². The van der Waals surface area contributed by atoms with E-state index in [2.05, 4.69) is 22.5 Å². The molecule has 0 bridgehead atoms. The van der Waals surface area contributed by atoms with Crippen LogP contribution in [0.2, 0.25) is 0 Å². The van der Waals surface area contributed by atoms with E-state index >= 15 is 0 Å². The van der Waals surface area contributed by atoms with Crippen LogP contribution in [0.15, 0.2) is 0 Å². The van der Waals surface area contributed by atoms with Crippen LogP contribution in [-0.2, 0) is 9.59 Å². The first-order chi connectivity index (χ1) is 12.5. The van der Waals surface area contributed by atoms with Crippen molar-refractivity contribution in [1.29, 1.82) is 0 Å². The van der Waals surface area contributed by atoms with Crippen molar-refractivity contribution in [3.63, 3.8) is 0 Å². The summed E-state index contributed by atoms with van der Waals surface area (Å²) in [6.07, 6.45) is 9.07. The van der Waals surface area contributed by atoms with Crippen molar-refractivity contribution < 1.29 is 9.59 Å². The lowest BCUT2D eigenvalue weighted by Gasteiger charge is -2.29. The summed E-state index contributed by atoms with van der Waals surface area (Å²) in [7, 11) is 0. The van der Waals surface area contributed by atoms with Crippen LogP contribution >= 0.6 is 0 Å². The Bertz CT molecular complexity index is 439. The van der Waals surface area contributed by atoms with Gasteiger partial charge in [-0.15, -0.1) is 0 Å². The Hall–Kier alpha value is -1.10. The maximum absolute atomic E-state index is 12.6. The highest BCUT2D eigenvalue weighted by Crippen LogP contribution is 2.28. The van der Waals surface area contributed by atoms with Gasteiger partial charge in [-0.25, -0.2) is 0 Å². The highest BCUT2D eigenvalue weighted by molar-refractivity contribution is 5.88. The molecule has 5 nitrogen and oxygen atoms in total. The van der Waals surface area contributed by atoms with Crippen LogP contribution in [0.25, 0.3) is 0 Å². The minimum absolute atomic E-state index is 0.0313. The number of hydrogen-bond donors (Lipinski definition) is 2.